The molecule has 3 atom stereocenters. The quantitative estimate of drug-likeness (QED) is 0.622. The maximum atomic E-state index is 14.1. The molecule has 2 amide bonds. The maximum Gasteiger partial charge on any atom is 0.413 e. The van der Waals surface area contributed by atoms with Crippen LogP contribution in [0.15, 0.2) is 60.6 Å². The molecule has 1 aromatic carbocycles. The highest BCUT2D eigenvalue weighted by atomic mass is 19.1. The molecule has 1 saturated heterocycles. The molecule has 176 valence electrons. The first kappa shape index (κ1) is 21.9. The van der Waals surface area contributed by atoms with Gasteiger partial charge in [-0.05, 0) is 42.7 Å². The zero-order valence-electron chi connectivity index (χ0n) is 18.5. The molecule has 0 radical (unpaired) electrons. The third-order valence-corrected chi connectivity index (χ3v) is 6.34. The molecule has 2 fully saturated rings. The molecule has 9 nitrogen and oxygen atoms in total. The molecule has 0 bridgehead atoms. The lowest BCUT2D eigenvalue weighted by molar-refractivity contribution is -0.123. The second kappa shape index (κ2) is 8.44. The number of nitrogens with one attached hydrogen (secondary N) is 3. The van der Waals surface area contributed by atoms with Gasteiger partial charge in [0.05, 0.1) is 31.7 Å². The van der Waals surface area contributed by atoms with E-state index in [0.29, 0.717) is 5.70 Å². The molecule has 1 aromatic heterocycles. The molecule has 3 N–H and O–H groups in total. The van der Waals surface area contributed by atoms with Gasteiger partial charge in [-0.1, -0.05) is 18.2 Å². The molecule has 3 unspecified atom stereocenters. The van der Waals surface area contributed by atoms with E-state index in [4.69, 9.17) is 4.74 Å². The number of fused-ring (bicyclic) bond motifs is 1. The van der Waals surface area contributed by atoms with Gasteiger partial charge in [0.15, 0.2) is 11.5 Å². The van der Waals surface area contributed by atoms with Crippen LogP contribution in [0.5, 0.6) is 0 Å². The molecule has 3 aliphatic rings. The Kier molecular flexibility index (Phi) is 5.43. The number of carbonyl (C=O) groups excluding carboxylic acids is 3. The Hall–Kier alpha value is -3.95. The number of alkyl halides is 1. The van der Waals surface area contributed by atoms with Crippen molar-refractivity contribution in [1.82, 2.24) is 15.2 Å². The number of pyridine rings is 1. The van der Waals surface area contributed by atoms with Crippen molar-refractivity contribution in [3.05, 3.63) is 66.1 Å². The monoisotopic (exact) mass is 465 g/mol. The van der Waals surface area contributed by atoms with E-state index in [1.165, 1.54) is 18.2 Å². The van der Waals surface area contributed by atoms with Gasteiger partial charge in [-0.15, -0.1) is 0 Å². The fourth-order valence-corrected chi connectivity index (χ4v) is 4.41. The Morgan fingerprint density at radius 2 is 2.00 bits per heavy atom. The molecule has 1 saturated carbocycles. The van der Waals surface area contributed by atoms with Crippen LogP contribution in [0.25, 0.3) is 0 Å². The van der Waals surface area contributed by atoms with Crippen molar-refractivity contribution in [2.24, 2.45) is 5.92 Å². The number of halogens is 1. The van der Waals surface area contributed by atoms with Gasteiger partial charge in [-0.2, -0.15) is 0 Å². The van der Waals surface area contributed by atoms with E-state index in [0.717, 1.165) is 11.3 Å². The second-order valence-corrected chi connectivity index (χ2v) is 8.68. The molecule has 0 spiro atoms. The van der Waals surface area contributed by atoms with E-state index in [9.17, 15) is 18.8 Å². The van der Waals surface area contributed by atoms with Crippen molar-refractivity contribution in [3.8, 4) is 0 Å². The highest BCUT2D eigenvalue weighted by Crippen LogP contribution is 2.41. The van der Waals surface area contributed by atoms with Crippen LogP contribution >= 0.6 is 0 Å². The third kappa shape index (κ3) is 4.07. The summed E-state index contributed by atoms with van der Waals surface area (Å²) in [5, 5.41) is 9.35. The molecular weight excluding hydrogens is 441 g/mol. The highest BCUT2D eigenvalue weighted by Gasteiger charge is 2.51. The SMILES string of the molecule is COC(=O)N1C=C2NC(c3ccnc(NC(=O)C4(F)CC4)c3)C(Nc3ccccc3)C2C(=O)C1. The normalized spacial score (nSPS) is 24.4. The van der Waals surface area contributed by atoms with E-state index in [-0.39, 0.29) is 37.0 Å². The summed E-state index contributed by atoms with van der Waals surface area (Å²) in [4.78, 5) is 42.7. The number of amides is 2. The summed E-state index contributed by atoms with van der Waals surface area (Å²) < 4.78 is 18.9. The van der Waals surface area contributed by atoms with Crippen LogP contribution in [-0.2, 0) is 14.3 Å². The third-order valence-electron chi connectivity index (χ3n) is 6.34. The van der Waals surface area contributed by atoms with Crippen molar-refractivity contribution >= 4 is 29.3 Å². The molecule has 2 aromatic rings. The van der Waals surface area contributed by atoms with E-state index in [2.05, 4.69) is 20.9 Å². The van der Waals surface area contributed by atoms with E-state index >= 15 is 0 Å². The highest BCUT2D eigenvalue weighted by molar-refractivity contribution is 5.98. The standard InChI is InChI=1S/C24H24FN5O4/c1-34-23(33)30-12-16-19(17(31)13-30)21(27-15-5-3-2-4-6-15)20(28-16)14-7-10-26-18(11-14)29-22(32)24(25)8-9-24/h2-7,10-12,19-21,27-28H,8-9,13H2,1H3,(H,26,29,32). The predicted molar refractivity (Wildman–Crippen MR) is 121 cm³/mol. The summed E-state index contributed by atoms with van der Waals surface area (Å²) in [6.45, 7) is -0.0988. The lowest BCUT2D eigenvalue weighted by atomic mass is 9.88. The molecule has 34 heavy (non-hydrogen) atoms. The van der Waals surface area contributed by atoms with Crippen molar-refractivity contribution < 1.29 is 23.5 Å². The van der Waals surface area contributed by atoms with Crippen LogP contribution < -0.4 is 16.0 Å². The summed E-state index contributed by atoms with van der Waals surface area (Å²) >= 11 is 0. The van der Waals surface area contributed by atoms with Crippen LogP contribution in [0.4, 0.5) is 20.7 Å². The summed E-state index contributed by atoms with van der Waals surface area (Å²) in [6.07, 6.45) is 2.93. The van der Waals surface area contributed by atoms with Gasteiger partial charge in [0.25, 0.3) is 5.91 Å². The Labute approximate surface area is 195 Å². The molecule has 5 rings (SSSR count). The van der Waals surface area contributed by atoms with Crippen LogP contribution in [0.2, 0.25) is 0 Å². The van der Waals surface area contributed by atoms with Gasteiger partial charge in [0.2, 0.25) is 0 Å². The fourth-order valence-electron chi connectivity index (χ4n) is 4.41. The van der Waals surface area contributed by atoms with Crippen molar-refractivity contribution in [2.75, 3.05) is 24.3 Å². The molecule has 10 heteroatoms. The Bertz CT molecular complexity index is 1170. The van der Waals surface area contributed by atoms with Gasteiger partial charge in [0.1, 0.15) is 5.82 Å². The zero-order valence-corrected chi connectivity index (χ0v) is 18.5. The van der Waals surface area contributed by atoms with Crippen LogP contribution in [0.3, 0.4) is 0 Å². The summed E-state index contributed by atoms with van der Waals surface area (Å²) in [6, 6.07) is 12.2. The number of anilines is 2. The van der Waals surface area contributed by atoms with E-state index in [1.54, 1.807) is 18.3 Å². The molecule has 1 aliphatic carbocycles. The topological polar surface area (TPSA) is 113 Å². The zero-order chi connectivity index (χ0) is 23.9. The summed E-state index contributed by atoms with van der Waals surface area (Å²) in [5.41, 5.74) is 0.349. The fraction of sp³-hybridized carbons (Fsp3) is 0.333. The predicted octanol–water partition coefficient (Wildman–Crippen LogP) is 2.76. The van der Waals surface area contributed by atoms with Crippen LogP contribution in [0, 0.1) is 5.92 Å². The average molecular weight is 465 g/mol. The molecular formula is C24H24FN5O4. The van der Waals surface area contributed by atoms with Crippen LogP contribution in [0.1, 0.15) is 24.4 Å². The summed E-state index contributed by atoms with van der Waals surface area (Å²) in [5.74, 6) is -1.13. The van der Waals surface area contributed by atoms with Gasteiger partial charge in [-0.3, -0.25) is 14.5 Å². The van der Waals surface area contributed by atoms with Crippen molar-refractivity contribution in [2.45, 2.75) is 30.6 Å². The van der Waals surface area contributed by atoms with E-state index < -0.39 is 29.6 Å². The number of Topliss-reactive ketones (excluding diaryl/α,β-unsaturated/α-hetero) is 1. The van der Waals surface area contributed by atoms with E-state index in [1.807, 2.05) is 30.3 Å². The van der Waals surface area contributed by atoms with Gasteiger partial charge < -0.3 is 20.7 Å². The number of nitrogens with zero attached hydrogens (tertiary/aromatic N) is 2. The smallest absolute Gasteiger partial charge is 0.413 e. The van der Waals surface area contributed by atoms with Crippen molar-refractivity contribution in [1.29, 1.82) is 0 Å². The number of methoxy groups -OCH3 is 1. The first-order chi connectivity index (χ1) is 16.4. The Balaban J connectivity index is 1.47. The largest absolute Gasteiger partial charge is 0.452 e. The number of benzene rings is 1. The first-order valence-corrected chi connectivity index (χ1v) is 11.0. The van der Waals surface area contributed by atoms with Crippen molar-refractivity contribution in [3.63, 3.8) is 0 Å². The van der Waals surface area contributed by atoms with Gasteiger partial charge >= 0.3 is 6.09 Å². The minimum absolute atomic E-state index is 0.0988. The first-order valence-electron chi connectivity index (χ1n) is 11.0. The number of hydrogen-bond donors (Lipinski definition) is 3. The van der Waals surface area contributed by atoms with Gasteiger partial charge in [-0.25, -0.2) is 14.2 Å². The molecule has 3 heterocycles. The number of rotatable bonds is 5. The number of ether oxygens (including phenoxy) is 1. The number of para-hydroxylation sites is 1. The van der Waals surface area contributed by atoms with Gasteiger partial charge in [0, 0.05) is 23.8 Å². The second-order valence-electron chi connectivity index (χ2n) is 8.68. The average Bonchev–Trinajstić information content (AvgIpc) is 3.50. The Morgan fingerprint density at radius 1 is 1.24 bits per heavy atom. The number of aromatic nitrogens is 1. The maximum absolute atomic E-state index is 14.1. The van der Waals surface area contributed by atoms with Crippen LogP contribution in [-0.4, -0.2) is 53.0 Å². The number of ketones is 1. The summed E-state index contributed by atoms with van der Waals surface area (Å²) in [7, 11) is 1.26. The number of hydrogen-bond acceptors (Lipinski definition) is 7. The number of carbonyl (C=O) groups is 3. The minimum atomic E-state index is -1.82. The minimum Gasteiger partial charge on any atom is -0.452 e. The lowest BCUT2D eigenvalue weighted by Gasteiger charge is -2.29. The lowest BCUT2D eigenvalue weighted by Crippen LogP contribution is -2.43. The Morgan fingerprint density at radius 3 is 2.71 bits per heavy atom. The molecule has 2 aliphatic heterocycles.